The van der Waals surface area contributed by atoms with Crippen LogP contribution < -0.4 is 0 Å². The molecule has 1 N–H and O–H groups in total. The van der Waals surface area contributed by atoms with E-state index in [9.17, 15) is 5.11 Å². The Morgan fingerprint density at radius 1 is 1.21 bits per heavy atom. The molecular formula is C20H27NO3. The quantitative estimate of drug-likeness (QED) is 0.818. The highest BCUT2D eigenvalue weighted by Gasteiger charge is 2.54. The molecule has 2 fully saturated rings. The number of nitrogens with zero attached hydrogens (tertiary/aromatic N) is 1. The van der Waals surface area contributed by atoms with Crippen molar-refractivity contribution in [3.05, 3.63) is 29.3 Å². The Kier molecular flexibility index (Phi) is 3.83. The molecule has 0 aromatic heterocycles. The van der Waals surface area contributed by atoms with Crippen molar-refractivity contribution in [3.63, 3.8) is 0 Å². The maximum atomic E-state index is 9.90. The summed E-state index contributed by atoms with van der Waals surface area (Å²) in [4.78, 5) is 5.12. The summed E-state index contributed by atoms with van der Waals surface area (Å²) in [5, 5.41) is 14.3. The molecule has 130 valence electrons. The van der Waals surface area contributed by atoms with Crippen molar-refractivity contribution in [2.45, 2.75) is 51.0 Å². The number of benzene rings is 1. The molecule has 1 aromatic rings. The van der Waals surface area contributed by atoms with Gasteiger partial charge in [0, 0.05) is 12.5 Å². The van der Waals surface area contributed by atoms with Crippen LogP contribution in [0.25, 0.3) is 0 Å². The molecular weight excluding hydrogens is 302 g/mol. The van der Waals surface area contributed by atoms with Crippen LogP contribution in [0.5, 0.6) is 5.75 Å². The van der Waals surface area contributed by atoms with Gasteiger partial charge in [0.2, 0.25) is 0 Å². The van der Waals surface area contributed by atoms with Gasteiger partial charge in [-0.1, -0.05) is 18.1 Å². The maximum Gasteiger partial charge on any atom is 0.115 e. The topological polar surface area (TPSA) is 51.0 Å². The monoisotopic (exact) mass is 329 g/mol. The minimum Gasteiger partial charge on any atom is -0.508 e. The minimum atomic E-state index is 0.0825. The zero-order valence-electron chi connectivity index (χ0n) is 14.8. The lowest BCUT2D eigenvalue weighted by molar-refractivity contribution is 0.0136. The molecule has 2 saturated carbocycles. The number of fused-ring (bicyclic) bond motifs is 5. The van der Waals surface area contributed by atoms with Crippen molar-refractivity contribution < 1.29 is 14.7 Å². The van der Waals surface area contributed by atoms with E-state index in [-0.39, 0.29) is 11.5 Å². The number of oxime groups is 1. The zero-order chi connectivity index (χ0) is 16.9. The summed E-state index contributed by atoms with van der Waals surface area (Å²) in [6.45, 7) is 2.38. The molecule has 0 bridgehead atoms. The Morgan fingerprint density at radius 3 is 2.79 bits per heavy atom. The van der Waals surface area contributed by atoms with Crippen molar-refractivity contribution in [2.75, 3.05) is 14.2 Å². The van der Waals surface area contributed by atoms with Gasteiger partial charge in [0.1, 0.15) is 12.9 Å². The van der Waals surface area contributed by atoms with E-state index in [2.05, 4.69) is 18.1 Å². The van der Waals surface area contributed by atoms with E-state index in [1.165, 1.54) is 36.1 Å². The zero-order valence-corrected chi connectivity index (χ0v) is 14.8. The second kappa shape index (κ2) is 5.76. The lowest BCUT2D eigenvalue weighted by Gasteiger charge is -2.50. The first-order valence-corrected chi connectivity index (χ1v) is 9.04. The Bertz CT molecular complexity index is 671. The molecule has 1 aromatic carbocycles. The Labute approximate surface area is 143 Å². The largest absolute Gasteiger partial charge is 0.508 e. The first-order valence-electron chi connectivity index (χ1n) is 9.04. The van der Waals surface area contributed by atoms with Gasteiger partial charge in [0.15, 0.2) is 0 Å². The molecule has 4 nitrogen and oxygen atoms in total. The van der Waals surface area contributed by atoms with Crippen LogP contribution in [0.4, 0.5) is 0 Å². The highest BCUT2D eigenvalue weighted by molar-refractivity contribution is 5.92. The maximum absolute atomic E-state index is 9.90. The molecule has 5 atom stereocenters. The van der Waals surface area contributed by atoms with E-state index in [4.69, 9.17) is 9.57 Å². The number of phenolic OH excluding ortho intramolecular Hbond substituents is 1. The molecule has 4 rings (SSSR count). The van der Waals surface area contributed by atoms with E-state index >= 15 is 0 Å². The average Bonchev–Trinajstić information content (AvgIpc) is 2.91. The van der Waals surface area contributed by atoms with Crippen LogP contribution in [0.2, 0.25) is 0 Å². The third kappa shape index (κ3) is 2.19. The van der Waals surface area contributed by atoms with Crippen molar-refractivity contribution in [3.8, 4) is 5.75 Å². The smallest absolute Gasteiger partial charge is 0.115 e. The van der Waals surface area contributed by atoms with Crippen LogP contribution in [0, 0.1) is 17.3 Å². The number of ether oxygens (including phenoxy) is 1. The number of methoxy groups -OCH3 is 1. The first kappa shape index (κ1) is 15.9. The number of aromatic hydroxyl groups is 1. The van der Waals surface area contributed by atoms with E-state index in [1.807, 2.05) is 12.1 Å². The van der Waals surface area contributed by atoms with Crippen LogP contribution in [-0.2, 0) is 9.57 Å². The second-order valence-electron chi connectivity index (χ2n) is 7.87. The number of hydrogen-bond donors (Lipinski definition) is 1. The van der Waals surface area contributed by atoms with Gasteiger partial charge in [-0.3, -0.25) is 0 Å². The van der Waals surface area contributed by atoms with Crippen LogP contribution in [0.1, 0.15) is 62.2 Å². The van der Waals surface area contributed by atoms with E-state index in [1.54, 1.807) is 14.2 Å². The van der Waals surface area contributed by atoms with Crippen molar-refractivity contribution in [2.24, 2.45) is 22.4 Å². The predicted molar refractivity (Wildman–Crippen MR) is 93.2 cm³/mol. The SMILES string of the molecule is CO/N=C1/CC[C@H]2[C@@H]3C[C@@H](OC)c4cc(O)ccc4[C@H]3CC[C@]12C. The molecule has 0 unspecified atom stereocenters. The van der Waals surface area contributed by atoms with Gasteiger partial charge in [0.05, 0.1) is 11.8 Å². The lowest BCUT2D eigenvalue weighted by atomic mass is 9.55. The van der Waals surface area contributed by atoms with Gasteiger partial charge >= 0.3 is 0 Å². The summed E-state index contributed by atoms with van der Waals surface area (Å²) in [6.07, 6.45) is 5.72. The van der Waals surface area contributed by atoms with Crippen molar-refractivity contribution in [1.29, 1.82) is 0 Å². The molecule has 0 heterocycles. The number of phenols is 1. The Balaban J connectivity index is 1.73. The predicted octanol–water partition coefficient (Wildman–Crippen LogP) is 4.40. The molecule has 3 aliphatic rings. The highest BCUT2D eigenvalue weighted by atomic mass is 16.6. The summed E-state index contributed by atoms with van der Waals surface area (Å²) in [5.41, 5.74) is 3.99. The highest BCUT2D eigenvalue weighted by Crippen LogP contribution is 2.61. The normalized spacial score (nSPS) is 39.2. The summed E-state index contributed by atoms with van der Waals surface area (Å²) in [6, 6.07) is 5.85. The Morgan fingerprint density at radius 2 is 2.04 bits per heavy atom. The van der Waals surface area contributed by atoms with Crippen LogP contribution in [0.3, 0.4) is 0 Å². The summed E-state index contributed by atoms with van der Waals surface area (Å²) in [7, 11) is 3.44. The summed E-state index contributed by atoms with van der Waals surface area (Å²) >= 11 is 0. The standard InChI is InChI=1S/C20H27NO3/c1-20-9-8-14-13-5-4-12(22)10-16(13)18(23-2)11-15(14)17(20)6-7-19(20)21-24-3/h4-5,10,14-15,17-18,22H,6-9,11H2,1-3H3/b21-19-/t14-,15-,17+,18-,20+/m1/s1. The van der Waals surface area contributed by atoms with Gasteiger partial charge in [-0.25, -0.2) is 0 Å². The van der Waals surface area contributed by atoms with Crippen LogP contribution in [-0.4, -0.2) is 25.0 Å². The van der Waals surface area contributed by atoms with Crippen molar-refractivity contribution >= 4 is 5.71 Å². The molecule has 0 spiro atoms. The molecule has 4 heteroatoms. The van der Waals surface area contributed by atoms with Gasteiger partial charge < -0.3 is 14.7 Å². The van der Waals surface area contributed by atoms with Gasteiger partial charge in [-0.2, -0.15) is 0 Å². The average molecular weight is 329 g/mol. The summed E-state index contributed by atoms with van der Waals surface area (Å²) < 4.78 is 5.81. The van der Waals surface area contributed by atoms with Crippen molar-refractivity contribution in [1.82, 2.24) is 0 Å². The van der Waals surface area contributed by atoms with Gasteiger partial charge in [-0.05, 0) is 73.1 Å². The third-order valence-electron chi connectivity index (χ3n) is 6.97. The number of rotatable bonds is 2. The molecule has 3 aliphatic carbocycles. The van der Waals surface area contributed by atoms with E-state index < -0.39 is 0 Å². The lowest BCUT2D eigenvalue weighted by Crippen LogP contribution is -2.43. The first-order chi connectivity index (χ1) is 11.6. The molecule has 0 saturated heterocycles. The Hall–Kier alpha value is -1.55. The second-order valence-corrected chi connectivity index (χ2v) is 7.87. The van der Waals surface area contributed by atoms with E-state index in [0.717, 1.165) is 12.8 Å². The minimum absolute atomic E-state index is 0.0825. The van der Waals surface area contributed by atoms with Gasteiger partial charge in [0.25, 0.3) is 0 Å². The molecule has 0 amide bonds. The van der Waals surface area contributed by atoms with E-state index in [0.29, 0.717) is 23.5 Å². The fourth-order valence-corrected chi connectivity index (χ4v) is 5.83. The van der Waals surface area contributed by atoms with Gasteiger partial charge in [-0.15, -0.1) is 0 Å². The molecule has 0 radical (unpaired) electrons. The summed E-state index contributed by atoms with van der Waals surface area (Å²) in [5.74, 6) is 2.18. The molecule has 24 heavy (non-hydrogen) atoms. The fourth-order valence-electron chi connectivity index (χ4n) is 5.83. The third-order valence-corrected chi connectivity index (χ3v) is 6.97. The number of hydrogen-bond acceptors (Lipinski definition) is 4. The van der Waals surface area contributed by atoms with Crippen LogP contribution in [0.15, 0.2) is 23.4 Å². The molecule has 0 aliphatic heterocycles. The van der Waals surface area contributed by atoms with Crippen LogP contribution >= 0.6 is 0 Å². The fraction of sp³-hybridized carbons (Fsp3) is 0.650.